The molecule has 0 saturated carbocycles. The highest BCUT2D eigenvalue weighted by atomic mass is 127. The topological polar surface area (TPSA) is 76.7 Å². The van der Waals surface area contributed by atoms with Gasteiger partial charge in [-0.1, -0.05) is 102 Å². The molecular weight excluding hydrogens is 747 g/mol. The Kier molecular flexibility index (Phi) is 12.9. The number of amides is 2. The monoisotopic (exact) mass is 794 g/mol. The average molecular weight is 795 g/mol. The molecule has 7 heteroatoms. The van der Waals surface area contributed by atoms with E-state index in [2.05, 4.69) is 57.5 Å². The largest absolute Gasteiger partial charge is 0.490 e. The summed E-state index contributed by atoms with van der Waals surface area (Å²) in [6.07, 6.45) is 1.23. The second kappa shape index (κ2) is 17.5. The Morgan fingerprint density at radius 2 is 0.902 bits per heavy atom. The molecule has 5 aromatic rings. The summed E-state index contributed by atoms with van der Waals surface area (Å²) in [6.45, 7) is 12.5. The van der Waals surface area contributed by atoms with E-state index in [1.807, 2.05) is 120 Å². The van der Waals surface area contributed by atoms with Crippen molar-refractivity contribution in [1.29, 1.82) is 0 Å². The first kappa shape index (κ1) is 37.6. The third-order valence-corrected chi connectivity index (χ3v) is 10.00. The van der Waals surface area contributed by atoms with Crippen LogP contribution in [0, 0.1) is 45.1 Å². The SMILES string of the molecule is Cc1cc(C)c(C(=O)N[C@H](COc2cccc(OC[C@H](Cc3ccccc3)NC(=O)c3c(C)cc(C)cc3C)c2I)Cc2ccccc2)c(C)c1. The second-order valence-electron chi connectivity index (χ2n) is 13.5. The number of carbonyl (C=O) groups is 2. The average Bonchev–Trinajstić information content (AvgIpc) is 3.07. The number of nitrogens with one attached hydrogen (secondary N) is 2. The summed E-state index contributed by atoms with van der Waals surface area (Å²) < 4.78 is 13.7. The molecule has 51 heavy (non-hydrogen) atoms. The summed E-state index contributed by atoms with van der Waals surface area (Å²) in [4.78, 5) is 27.2. The summed E-state index contributed by atoms with van der Waals surface area (Å²) >= 11 is 2.25. The van der Waals surface area contributed by atoms with E-state index in [0.29, 0.717) is 35.5 Å². The zero-order valence-corrected chi connectivity index (χ0v) is 32.5. The molecule has 2 atom stereocenters. The van der Waals surface area contributed by atoms with Crippen LogP contribution in [0.25, 0.3) is 0 Å². The van der Waals surface area contributed by atoms with Gasteiger partial charge in [0, 0.05) is 11.1 Å². The Labute approximate surface area is 316 Å². The standard InChI is InChI=1S/C44H47IN2O4/c1-28-20-30(3)40(31(4)21-28)43(48)46-36(24-34-14-9-7-10-15-34)26-50-38-18-13-19-39(42(38)45)51-27-37(25-35-16-11-8-12-17-35)47-44(49)41-32(5)22-29(2)23-33(41)6/h7-23,36-37H,24-27H2,1-6H3,(H,46,48)(H,47,49)/t36-,37-/m0/s1. The molecule has 0 aliphatic rings. The van der Waals surface area contributed by atoms with Gasteiger partial charge < -0.3 is 20.1 Å². The molecule has 2 amide bonds. The van der Waals surface area contributed by atoms with E-state index < -0.39 is 0 Å². The number of aryl methyl sites for hydroxylation is 6. The van der Waals surface area contributed by atoms with Gasteiger partial charge in [0.2, 0.25) is 0 Å². The minimum Gasteiger partial charge on any atom is -0.490 e. The van der Waals surface area contributed by atoms with Crippen LogP contribution in [0.3, 0.4) is 0 Å². The molecule has 0 heterocycles. The lowest BCUT2D eigenvalue weighted by Gasteiger charge is -2.23. The first-order valence-electron chi connectivity index (χ1n) is 17.4. The number of carbonyl (C=O) groups excluding carboxylic acids is 2. The van der Waals surface area contributed by atoms with Crippen LogP contribution < -0.4 is 20.1 Å². The third-order valence-electron chi connectivity index (χ3n) is 8.94. The molecule has 0 spiro atoms. The highest BCUT2D eigenvalue weighted by Gasteiger charge is 2.22. The Morgan fingerprint density at radius 1 is 0.549 bits per heavy atom. The van der Waals surface area contributed by atoms with Crippen molar-refractivity contribution in [2.45, 2.75) is 66.5 Å². The minimum absolute atomic E-state index is 0.108. The fourth-order valence-corrected chi connectivity index (χ4v) is 7.46. The van der Waals surface area contributed by atoms with Crippen LogP contribution in [0.5, 0.6) is 11.5 Å². The van der Waals surface area contributed by atoms with Crippen LogP contribution in [-0.4, -0.2) is 37.1 Å². The molecule has 0 aliphatic heterocycles. The first-order chi connectivity index (χ1) is 24.5. The van der Waals surface area contributed by atoms with Crippen LogP contribution >= 0.6 is 22.6 Å². The Bertz CT molecular complexity index is 1790. The van der Waals surface area contributed by atoms with E-state index in [-0.39, 0.29) is 37.1 Å². The lowest BCUT2D eigenvalue weighted by molar-refractivity contribution is 0.0913. The van der Waals surface area contributed by atoms with E-state index in [0.717, 1.165) is 48.1 Å². The molecule has 0 bridgehead atoms. The number of ether oxygens (including phenoxy) is 2. The predicted octanol–water partition coefficient (Wildman–Crippen LogP) is 8.98. The van der Waals surface area contributed by atoms with Crippen LogP contribution in [0.1, 0.15) is 65.2 Å². The lowest BCUT2D eigenvalue weighted by atomic mass is 9.98. The van der Waals surface area contributed by atoms with Gasteiger partial charge in [-0.2, -0.15) is 0 Å². The zero-order valence-electron chi connectivity index (χ0n) is 30.3. The van der Waals surface area contributed by atoms with Gasteiger partial charge in [0.25, 0.3) is 11.8 Å². The quantitative estimate of drug-likeness (QED) is 0.110. The van der Waals surface area contributed by atoms with Gasteiger partial charge >= 0.3 is 0 Å². The van der Waals surface area contributed by atoms with Gasteiger partial charge in [-0.05, 0) is 122 Å². The summed E-state index contributed by atoms with van der Waals surface area (Å²) in [5, 5.41) is 6.51. The van der Waals surface area contributed by atoms with Crippen molar-refractivity contribution in [2.75, 3.05) is 13.2 Å². The molecular formula is C44H47IN2O4. The second-order valence-corrected chi connectivity index (χ2v) is 14.5. The number of rotatable bonds is 14. The van der Waals surface area contributed by atoms with E-state index in [1.165, 1.54) is 0 Å². The fourth-order valence-electron chi connectivity index (χ4n) is 6.79. The van der Waals surface area contributed by atoms with E-state index in [1.54, 1.807) is 0 Å². The van der Waals surface area contributed by atoms with Crippen molar-refractivity contribution < 1.29 is 19.1 Å². The Morgan fingerprint density at radius 3 is 1.25 bits per heavy atom. The molecule has 0 aliphatic carbocycles. The molecule has 0 radical (unpaired) electrons. The van der Waals surface area contributed by atoms with Crippen LogP contribution in [0.15, 0.2) is 103 Å². The molecule has 0 aromatic heterocycles. The van der Waals surface area contributed by atoms with Gasteiger partial charge in [0.1, 0.15) is 24.7 Å². The van der Waals surface area contributed by atoms with Crippen molar-refractivity contribution >= 4 is 34.4 Å². The summed E-state index contributed by atoms with van der Waals surface area (Å²) in [5.41, 5.74) is 9.70. The van der Waals surface area contributed by atoms with Crippen molar-refractivity contribution in [2.24, 2.45) is 0 Å². The van der Waals surface area contributed by atoms with Crippen molar-refractivity contribution in [3.63, 3.8) is 0 Å². The summed E-state index contributed by atoms with van der Waals surface area (Å²) in [7, 11) is 0. The smallest absolute Gasteiger partial charge is 0.252 e. The number of benzene rings is 5. The minimum atomic E-state index is -0.278. The third kappa shape index (κ3) is 10.2. The molecule has 0 fully saturated rings. The maximum atomic E-state index is 13.6. The summed E-state index contributed by atoms with van der Waals surface area (Å²) in [6, 6.07) is 33.6. The maximum Gasteiger partial charge on any atom is 0.252 e. The molecule has 2 N–H and O–H groups in total. The van der Waals surface area contributed by atoms with Gasteiger partial charge in [0.15, 0.2) is 0 Å². The Hall–Kier alpha value is -4.63. The van der Waals surface area contributed by atoms with Gasteiger partial charge in [0.05, 0.1) is 15.7 Å². The number of hydrogen-bond donors (Lipinski definition) is 2. The molecule has 264 valence electrons. The van der Waals surface area contributed by atoms with Crippen LogP contribution in [0.2, 0.25) is 0 Å². The number of halogens is 1. The van der Waals surface area contributed by atoms with Crippen molar-refractivity contribution in [3.8, 4) is 11.5 Å². The molecule has 5 aromatic carbocycles. The first-order valence-corrected chi connectivity index (χ1v) is 18.5. The number of hydrogen-bond acceptors (Lipinski definition) is 4. The van der Waals surface area contributed by atoms with Crippen LogP contribution in [-0.2, 0) is 12.8 Å². The predicted molar refractivity (Wildman–Crippen MR) is 214 cm³/mol. The van der Waals surface area contributed by atoms with Gasteiger partial charge in [-0.15, -0.1) is 0 Å². The van der Waals surface area contributed by atoms with Crippen LogP contribution in [0.4, 0.5) is 0 Å². The molecule has 6 nitrogen and oxygen atoms in total. The maximum absolute atomic E-state index is 13.6. The van der Waals surface area contributed by atoms with Crippen molar-refractivity contribution in [3.05, 3.63) is 162 Å². The summed E-state index contributed by atoms with van der Waals surface area (Å²) in [5.74, 6) is 1.11. The van der Waals surface area contributed by atoms with E-state index >= 15 is 0 Å². The normalized spacial score (nSPS) is 12.1. The molecule has 0 saturated heterocycles. The van der Waals surface area contributed by atoms with E-state index in [9.17, 15) is 9.59 Å². The fraction of sp³-hybridized carbons (Fsp3) is 0.273. The molecule has 0 unspecified atom stereocenters. The molecule has 5 rings (SSSR count). The van der Waals surface area contributed by atoms with Crippen molar-refractivity contribution in [1.82, 2.24) is 10.6 Å². The highest BCUT2D eigenvalue weighted by Crippen LogP contribution is 2.31. The van der Waals surface area contributed by atoms with Gasteiger partial charge in [-0.3, -0.25) is 9.59 Å². The van der Waals surface area contributed by atoms with E-state index in [4.69, 9.17) is 9.47 Å². The highest BCUT2D eigenvalue weighted by molar-refractivity contribution is 14.1. The zero-order chi connectivity index (χ0) is 36.5. The van der Waals surface area contributed by atoms with Gasteiger partial charge in [-0.25, -0.2) is 0 Å². The lowest BCUT2D eigenvalue weighted by Crippen LogP contribution is -2.41. The Balaban J connectivity index is 1.31.